The number of aromatic nitrogens is 1. The molecule has 4 rings (SSSR count). The second kappa shape index (κ2) is 7.84. The highest BCUT2D eigenvalue weighted by Crippen LogP contribution is 2.38. The van der Waals surface area contributed by atoms with Crippen LogP contribution in [-0.2, 0) is 6.54 Å². The summed E-state index contributed by atoms with van der Waals surface area (Å²) >= 11 is 0. The zero-order valence-corrected chi connectivity index (χ0v) is 17.0. The van der Waals surface area contributed by atoms with E-state index in [1.807, 2.05) is 26.0 Å². The van der Waals surface area contributed by atoms with Gasteiger partial charge in [0, 0.05) is 42.2 Å². The minimum absolute atomic E-state index is 0.112. The number of allylic oxidation sites excluding steroid dienone is 1. The molecule has 5 heteroatoms. The lowest BCUT2D eigenvalue weighted by Gasteiger charge is -2.20. The maximum atomic E-state index is 13.7. The summed E-state index contributed by atoms with van der Waals surface area (Å²) in [6, 6.07) is 10.3. The largest absolute Gasteiger partial charge is 0.504 e. The molecule has 4 nitrogen and oxygen atoms in total. The first-order valence-corrected chi connectivity index (χ1v) is 9.84. The fourth-order valence-corrected chi connectivity index (χ4v) is 3.80. The maximum absolute atomic E-state index is 13.7. The molecule has 29 heavy (non-hydrogen) atoms. The summed E-state index contributed by atoms with van der Waals surface area (Å²) < 4.78 is 19.6. The monoisotopic (exact) mass is 392 g/mol. The number of hydrogen-bond acceptors (Lipinski definition) is 4. The predicted molar refractivity (Wildman–Crippen MR) is 114 cm³/mol. The van der Waals surface area contributed by atoms with E-state index >= 15 is 0 Å². The molecule has 0 bridgehead atoms. The zero-order chi connectivity index (χ0) is 20.5. The quantitative estimate of drug-likeness (QED) is 0.621. The molecule has 0 unspecified atom stereocenters. The van der Waals surface area contributed by atoms with Crippen LogP contribution in [0.4, 0.5) is 4.39 Å². The van der Waals surface area contributed by atoms with Crippen molar-refractivity contribution >= 4 is 10.9 Å². The van der Waals surface area contributed by atoms with Crippen LogP contribution in [0.25, 0.3) is 22.2 Å². The van der Waals surface area contributed by atoms with Gasteiger partial charge in [0.25, 0.3) is 0 Å². The number of hydrogen-bond donors (Lipinski definition) is 1. The minimum atomic E-state index is -0.310. The summed E-state index contributed by atoms with van der Waals surface area (Å²) in [6.07, 6.45) is 2.11. The molecule has 0 fully saturated rings. The van der Waals surface area contributed by atoms with Crippen molar-refractivity contribution in [1.29, 1.82) is 0 Å². The average Bonchev–Trinajstić information content (AvgIpc) is 2.89. The third-order valence-corrected chi connectivity index (χ3v) is 5.43. The van der Waals surface area contributed by atoms with Crippen molar-refractivity contribution in [2.24, 2.45) is 0 Å². The molecule has 150 valence electrons. The Morgan fingerprint density at radius 3 is 2.90 bits per heavy atom. The topological polar surface area (TPSA) is 45.6 Å². The number of pyridine rings is 1. The molecule has 0 spiro atoms. The van der Waals surface area contributed by atoms with Crippen LogP contribution in [0.15, 0.2) is 48.0 Å². The molecule has 0 radical (unpaired) electrons. The second-order valence-corrected chi connectivity index (χ2v) is 7.66. The Hall–Kier alpha value is -2.92. The molecule has 0 saturated heterocycles. The molecular formula is C24H25FN2O2. The fourth-order valence-electron chi connectivity index (χ4n) is 3.80. The number of aromatic hydroxyl groups is 1. The van der Waals surface area contributed by atoms with Crippen LogP contribution in [0.1, 0.15) is 25.0 Å². The number of phenolic OH excluding ortho intramolecular Hbond substituents is 1. The van der Waals surface area contributed by atoms with Gasteiger partial charge >= 0.3 is 0 Å². The molecule has 0 aliphatic carbocycles. The second-order valence-electron chi connectivity index (χ2n) is 7.66. The maximum Gasteiger partial charge on any atom is 0.165 e. The van der Waals surface area contributed by atoms with Crippen molar-refractivity contribution in [1.82, 2.24) is 9.88 Å². The summed E-state index contributed by atoms with van der Waals surface area (Å²) in [4.78, 5) is 6.95. The Bertz CT molecular complexity index is 1110. The molecule has 1 aliphatic heterocycles. The first kappa shape index (κ1) is 19.4. The Labute approximate surface area is 170 Å². The number of halogens is 1. The molecule has 2 aromatic carbocycles. The third-order valence-electron chi connectivity index (χ3n) is 5.43. The van der Waals surface area contributed by atoms with Gasteiger partial charge in [-0.1, -0.05) is 11.6 Å². The van der Waals surface area contributed by atoms with E-state index in [-0.39, 0.29) is 11.6 Å². The van der Waals surface area contributed by atoms with Crippen molar-refractivity contribution in [3.8, 4) is 22.8 Å². The fraction of sp³-hybridized carbons (Fsp3) is 0.292. The van der Waals surface area contributed by atoms with E-state index in [9.17, 15) is 9.50 Å². The third kappa shape index (κ3) is 3.96. The molecule has 0 saturated carbocycles. The van der Waals surface area contributed by atoms with Gasteiger partial charge < -0.3 is 9.84 Å². The van der Waals surface area contributed by atoms with Crippen LogP contribution in [0.3, 0.4) is 0 Å². The van der Waals surface area contributed by atoms with Gasteiger partial charge in [-0.3, -0.25) is 4.90 Å². The van der Waals surface area contributed by atoms with E-state index < -0.39 is 0 Å². The number of aryl methyl sites for hydroxylation is 1. The predicted octanol–water partition coefficient (Wildman–Crippen LogP) is 5.22. The normalized spacial score (nSPS) is 15.1. The first-order chi connectivity index (χ1) is 13.9. The van der Waals surface area contributed by atoms with Gasteiger partial charge in [-0.2, -0.15) is 0 Å². The molecule has 1 aromatic heterocycles. The highest BCUT2D eigenvalue weighted by atomic mass is 19.1. The summed E-state index contributed by atoms with van der Waals surface area (Å²) in [6.45, 7) is 9.00. The summed E-state index contributed by atoms with van der Waals surface area (Å²) in [7, 11) is 0. The SMILES string of the molecule is C/C=C(\C)CN1CCOc2c(O)cc(-c3cc(C)c4ccc(F)cc4n3)cc2C1. The van der Waals surface area contributed by atoms with Crippen molar-refractivity contribution < 1.29 is 14.2 Å². The smallest absolute Gasteiger partial charge is 0.165 e. The first-order valence-electron chi connectivity index (χ1n) is 9.84. The summed E-state index contributed by atoms with van der Waals surface area (Å²) in [5, 5.41) is 11.5. The average molecular weight is 392 g/mol. The van der Waals surface area contributed by atoms with E-state index in [4.69, 9.17) is 4.74 Å². The summed E-state index contributed by atoms with van der Waals surface area (Å²) in [5.74, 6) is 0.341. The zero-order valence-electron chi connectivity index (χ0n) is 17.0. The van der Waals surface area contributed by atoms with Crippen LogP contribution in [0, 0.1) is 12.7 Å². The van der Waals surface area contributed by atoms with Crippen molar-refractivity contribution in [3.05, 3.63) is 65.0 Å². The van der Waals surface area contributed by atoms with Gasteiger partial charge in [0.05, 0.1) is 11.2 Å². The van der Waals surface area contributed by atoms with Crippen molar-refractivity contribution in [2.75, 3.05) is 19.7 Å². The van der Waals surface area contributed by atoms with Crippen molar-refractivity contribution in [3.63, 3.8) is 0 Å². The Kier molecular flexibility index (Phi) is 5.24. The molecule has 0 atom stereocenters. The van der Waals surface area contributed by atoms with Gasteiger partial charge in [0.15, 0.2) is 11.5 Å². The van der Waals surface area contributed by atoms with E-state index in [2.05, 4.69) is 22.9 Å². The lowest BCUT2D eigenvalue weighted by Crippen LogP contribution is -2.27. The van der Waals surface area contributed by atoms with Crippen molar-refractivity contribution in [2.45, 2.75) is 27.3 Å². The van der Waals surface area contributed by atoms with Crippen LogP contribution in [0.5, 0.6) is 11.5 Å². The molecule has 2 heterocycles. The molecule has 3 aromatic rings. The number of benzene rings is 2. The lowest BCUT2D eigenvalue weighted by atomic mass is 10.0. The van der Waals surface area contributed by atoms with Crippen LogP contribution in [-0.4, -0.2) is 34.7 Å². The Morgan fingerprint density at radius 2 is 2.10 bits per heavy atom. The van der Waals surface area contributed by atoms with Gasteiger partial charge in [0.2, 0.25) is 0 Å². The summed E-state index contributed by atoms with van der Waals surface area (Å²) in [5.41, 5.74) is 5.35. The van der Waals surface area contributed by atoms with E-state index in [1.165, 1.54) is 17.7 Å². The van der Waals surface area contributed by atoms with Crippen LogP contribution < -0.4 is 4.74 Å². The minimum Gasteiger partial charge on any atom is -0.504 e. The molecule has 1 N–H and O–H groups in total. The van der Waals surface area contributed by atoms with Gasteiger partial charge in [-0.25, -0.2) is 9.37 Å². The van der Waals surface area contributed by atoms with Crippen LogP contribution in [0.2, 0.25) is 0 Å². The highest BCUT2D eigenvalue weighted by Gasteiger charge is 2.20. The lowest BCUT2D eigenvalue weighted by molar-refractivity contribution is 0.235. The van der Waals surface area contributed by atoms with Crippen LogP contribution >= 0.6 is 0 Å². The standard InChI is InChI=1S/C24H25FN2O2/c1-4-15(2)13-27-7-8-29-24-18(14-27)10-17(11-23(24)28)21-9-16(3)20-6-5-19(25)12-22(20)26-21/h4-6,9-12,28H,7-8,13-14H2,1-3H3/b15-4+. The Morgan fingerprint density at radius 1 is 1.28 bits per heavy atom. The molecular weight excluding hydrogens is 367 g/mol. The number of rotatable bonds is 3. The van der Waals surface area contributed by atoms with E-state index in [1.54, 1.807) is 12.1 Å². The van der Waals surface area contributed by atoms with Gasteiger partial charge in [-0.05, 0) is 56.7 Å². The van der Waals surface area contributed by atoms with E-state index in [0.29, 0.717) is 30.1 Å². The number of nitrogens with zero attached hydrogens (tertiary/aromatic N) is 2. The number of phenols is 1. The highest BCUT2D eigenvalue weighted by molar-refractivity contribution is 5.85. The molecule has 0 amide bonds. The van der Waals surface area contributed by atoms with Gasteiger partial charge in [-0.15, -0.1) is 0 Å². The molecule has 1 aliphatic rings. The van der Waals surface area contributed by atoms with Gasteiger partial charge in [0.1, 0.15) is 12.4 Å². The number of ether oxygens (including phenoxy) is 1. The van der Waals surface area contributed by atoms with E-state index in [0.717, 1.165) is 35.2 Å². The number of fused-ring (bicyclic) bond motifs is 2. The Balaban J connectivity index is 1.77.